The number of nitrogens with one attached hydrogen (secondary N) is 1. The van der Waals surface area contributed by atoms with Crippen molar-refractivity contribution in [1.29, 1.82) is 0 Å². The Balaban J connectivity index is 1.93. The van der Waals surface area contributed by atoms with Crippen molar-refractivity contribution in [2.45, 2.75) is 19.8 Å². The van der Waals surface area contributed by atoms with Crippen LogP contribution in [0.3, 0.4) is 0 Å². The number of aromatic nitrogens is 1. The minimum atomic E-state index is -0.0396. The van der Waals surface area contributed by atoms with Crippen LogP contribution in [0.2, 0.25) is 0 Å². The first-order chi connectivity index (χ1) is 10.6. The molecule has 0 saturated heterocycles. The van der Waals surface area contributed by atoms with Crippen LogP contribution in [0.5, 0.6) is 11.5 Å². The van der Waals surface area contributed by atoms with Crippen molar-refractivity contribution in [1.82, 2.24) is 4.98 Å². The van der Waals surface area contributed by atoms with E-state index in [2.05, 4.69) is 10.3 Å². The number of nitrogens with zero attached hydrogens (tertiary/aromatic N) is 1. The summed E-state index contributed by atoms with van der Waals surface area (Å²) in [6.07, 6.45) is 4.41. The number of methoxy groups -OCH3 is 2. The number of ether oxygens (including phenoxy) is 2. The molecule has 1 N–H and O–H groups in total. The second-order valence-electron chi connectivity index (χ2n) is 4.99. The van der Waals surface area contributed by atoms with Crippen molar-refractivity contribution < 1.29 is 14.3 Å². The van der Waals surface area contributed by atoms with Crippen LogP contribution in [0.25, 0.3) is 0 Å². The number of pyridine rings is 1. The number of carbonyl (C=O) groups is 1. The summed E-state index contributed by atoms with van der Waals surface area (Å²) in [5.74, 6) is 1.31. The van der Waals surface area contributed by atoms with Crippen LogP contribution >= 0.6 is 0 Å². The summed E-state index contributed by atoms with van der Waals surface area (Å²) in [7, 11) is 3.19. The van der Waals surface area contributed by atoms with Gasteiger partial charge in [0.15, 0.2) is 11.5 Å². The molecule has 0 spiro atoms. The number of hydrogen-bond donors (Lipinski definition) is 1. The lowest BCUT2D eigenvalue weighted by molar-refractivity contribution is -0.116. The average molecular weight is 300 g/mol. The summed E-state index contributed by atoms with van der Waals surface area (Å²) < 4.78 is 10.5. The molecule has 5 heteroatoms. The number of benzene rings is 1. The van der Waals surface area contributed by atoms with E-state index in [1.165, 1.54) is 0 Å². The summed E-state index contributed by atoms with van der Waals surface area (Å²) >= 11 is 0. The molecule has 0 radical (unpaired) electrons. The Hall–Kier alpha value is -2.56. The molecule has 0 aliphatic rings. The van der Waals surface area contributed by atoms with Crippen LogP contribution in [0, 0.1) is 6.92 Å². The molecule has 1 heterocycles. The summed E-state index contributed by atoms with van der Waals surface area (Å²) in [6, 6.07) is 7.56. The molecule has 2 aromatic rings. The summed E-state index contributed by atoms with van der Waals surface area (Å²) in [5, 5.41) is 2.85. The number of anilines is 1. The highest BCUT2D eigenvalue weighted by Gasteiger charge is 2.07. The third-order valence-electron chi connectivity index (χ3n) is 3.25. The second kappa shape index (κ2) is 7.45. The van der Waals surface area contributed by atoms with Crippen molar-refractivity contribution >= 4 is 11.6 Å². The Morgan fingerprint density at radius 1 is 1.14 bits per heavy atom. The minimum Gasteiger partial charge on any atom is -0.493 e. The topological polar surface area (TPSA) is 60.5 Å². The number of aryl methyl sites for hydroxylation is 2. The van der Waals surface area contributed by atoms with Gasteiger partial charge in [-0.05, 0) is 42.7 Å². The molecule has 0 unspecified atom stereocenters. The number of hydrogen-bond acceptors (Lipinski definition) is 4. The van der Waals surface area contributed by atoms with E-state index < -0.39 is 0 Å². The van der Waals surface area contributed by atoms with Gasteiger partial charge in [-0.1, -0.05) is 6.07 Å². The van der Waals surface area contributed by atoms with Gasteiger partial charge in [0.1, 0.15) is 0 Å². The zero-order chi connectivity index (χ0) is 15.9. The minimum absolute atomic E-state index is 0.0396. The molecular formula is C17H20N2O3. The van der Waals surface area contributed by atoms with Crippen LogP contribution in [-0.2, 0) is 11.2 Å². The highest BCUT2D eigenvalue weighted by molar-refractivity contribution is 5.90. The van der Waals surface area contributed by atoms with E-state index in [9.17, 15) is 4.79 Å². The first-order valence-corrected chi connectivity index (χ1v) is 7.05. The Morgan fingerprint density at radius 2 is 1.91 bits per heavy atom. The maximum absolute atomic E-state index is 12.0. The fraction of sp³-hybridized carbons (Fsp3) is 0.294. The highest BCUT2D eigenvalue weighted by Crippen LogP contribution is 2.28. The lowest BCUT2D eigenvalue weighted by Gasteiger charge is -2.10. The van der Waals surface area contributed by atoms with E-state index in [0.717, 1.165) is 16.8 Å². The lowest BCUT2D eigenvalue weighted by Crippen LogP contribution is -2.12. The van der Waals surface area contributed by atoms with Crippen LogP contribution in [0.1, 0.15) is 17.5 Å². The normalized spacial score (nSPS) is 10.1. The number of rotatable bonds is 6. The van der Waals surface area contributed by atoms with E-state index in [4.69, 9.17) is 9.47 Å². The van der Waals surface area contributed by atoms with Crippen LogP contribution in [0.4, 0.5) is 5.69 Å². The fourth-order valence-electron chi connectivity index (χ4n) is 2.14. The smallest absolute Gasteiger partial charge is 0.224 e. The van der Waals surface area contributed by atoms with E-state index in [0.29, 0.717) is 24.3 Å². The van der Waals surface area contributed by atoms with Crippen LogP contribution in [-0.4, -0.2) is 25.1 Å². The molecule has 116 valence electrons. The van der Waals surface area contributed by atoms with Crippen molar-refractivity contribution in [2.24, 2.45) is 0 Å². The van der Waals surface area contributed by atoms with Gasteiger partial charge in [-0.15, -0.1) is 0 Å². The van der Waals surface area contributed by atoms with Crippen molar-refractivity contribution in [3.05, 3.63) is 47.8 Å². The monoisotopic (exact) mass is 300 g/mol. The fourth-order valence-corrected chi connectivity index (χ4v) is 2.14. The van der Waals surface area contributed by atoms with Gasteiger partial charge in [0, 0.05) is 12.6 Å². The molecular weight excluding hydrogens is 280 g/mol. The molecule has 1 amide bonds. The van der Waals surface area contributed by atoms with Crippen molar-refractivity contribution in [3.63, 3.8) is 0 Å². The molecule has 0 saturated carbocycles. The molecule has 1 aromatic heterocycles. The molecule has 1 aromatic carbocycles. The molecule has 22 heavy (non-hydrogen) atoms. The van der Waals surface area contributed by atoms with Crippen LogP contribution < -0.4 is 14.8 Å². The summed E-state index contributed by atoms with van der Waals surface area (Å²) in [4.78, 5) is 16.0. The molecule has 0 aliphatic heterocycles. The van der Waals surface area contributed by atoms with Gasteiger partial charge < -0.3 is 14.8 Å². The maximum atomic E-state index is 12.0. The molecule has 0 fully saturated rings. The van der Waals surface area contributed by atoms with Crippen molar-refractivity contribution in [3.8, 4) is 11.5 Å². The molecule has 0 aliphatic carbocycles. The molecule has 0 atom stereocenters. The lowest BCUT2D eigenvalue weighted by atomic mass is 10.1. The van der Waals surface area contributed by atoms with Crippen LogP contribution in [0.15, 0.2) is 36.7 Å². The zero-order valence-corrected chi connectivity index (χ0v) is 13.1. The number of amides is 1. The average Bonchev–Trinajstić information content (AvgIpc) is 2.52. The highest BCUT2D eigenvalue weighted by atomic mass is 16.5. The van der Waals surface area contributed by atoms with Gasteiger partial charge in [0.2, 0.25) is 5.91 Å². The van der Waals surface area contributed by atoms with Gasteiger partial charge in [-0.25, -0.2) is 0 Å². The first kappa shape index (κ1) is 15.8. The Labute approximate surface area is 130 Å². The third-order valence-corrected chi connectivity index (χ3v) is 3.25. The van der Waals surface area contributed by atoms with Gasteiger partial charge in [-0.3, -0.25) is 9.78 Å². The quantitative estimate of drug-likeness (QED) is 0.891. The van der Waals surface area contributed by atoms with Gasteiger partial charge in [0.25, 0.3) is 0 Å². The summed E-state index contributed by atoms with van der Waals surface area (Å²) in [5.41, 5.74) is 2.75. The maximum Gasteiger partial charge on any atom is 0.224 e. The van der Waals surface area contributed by atoms with E-state index in [1.54, 1.807) is 26.6 Å². The second-order valence-corrected chi connectivity index (χ2v) is 4.99. The number of carbonyl (C=O) groups excluding carboxylic acids is 1. The van der Waals surface area contributed by atoms with Gasteiger partial charge in [-0.2, -0.15) is 0 Å². The standard InChI is InChI=1S/C17H20N2O3/c1-12-8-14(11-18-10-12)19-17(20)7-5-13-4-6-15(21-2)16(9-13)22-3/h4,6,8-11H,5,7H2,1-3H3,(H,19,20). The van der Waals surface area contributed by atoms with Crippen molar-refractivity contribution in [2.75, 3.05) is 19.5 Å². The van der Waals surface area contributed by atoms with E-state index in [-0.39, 0.29) is 5.91 Å². The van der Waals surface area contributed by atoms with E-state index in [1.807, 2.05) is 31.2 Å². The molecule has 2 rings (SSSR count). The zero-order valence-electron chi connectivity index (χ0n) is 13.1. The molecule has 0 bridgehead atoms. The van der Waals surface area contributed by atoms with Gasteiger partial charge in [0.05, 0.1) is 26.1 Å². The Kier molecular flexibility index (Phi) is 5.36. The molecule has 5 nitrogen and oxygen atoms in total. The predicted octanol–water partition coefficient (Wildman–Crippen LogP) is 2.98. The van der Waals surface area contributed by atoms with Gasteiger partial charge >= 0.3 is 0 Å². The largest absolute Gasteiger partial charge is 0.493 e. The predicted molar refractivity (Wildman–Crippen MR) is 85.5 cm³/mol. The SMILES string of the molecule is COc1ccc(CCC(=O)Nc2cncc(C)c2)cc1OC. The summed E-state index contributed by atoms with van der Waals surface area (Å²) in [6.45, 7) is 1.94. The first-order valence-electron chi connectivity index (χ1n) is 7.05. The third kappa shape index (κ3) is 4.22. The Morgan fingerprint density at radius 3 is 2.59 bits per heavy atom. The Bertz CT molecular complexity index is 656. The van der Waals surface area contributed by atoms with E-state index >= 15 is 0 Å².